The summed E-state index contributed by atoms with van der Waals surface area (Å²) >= 11 is 0. The summed E-state index contributed by atoms with van der Waals surface area (Å²) in [6.45, 7) is 3.98. The number of hydrogen-bond donors (Lipinski definition) is 2. The minimum atomic E-state index is -0.836. The Morgan fingerprint density at radius 2 is 2.07 bits per heavy atom. The highest BCUT2D eigenvalue weighted by atomic mass is 16.4. The first-order valence-corrected chi connectivity index (χ1v) is 5.56. The topological polar surface area (TPSA) is 66.4 Å². The summed E-state index contributed by atoms with van der Waals surface area (Å²) in [5, 5.41) is 11.5. The van der Waals surface area contributed by atoms with Gasteiger partial charge in [0.15, 0.2) is 0 Å². The number of carboxylic acids is 1. The summed E-state index contributed by atoms with van der Waals surface area (Å²) in [5.41, 5.74) is 0. The molecule has 4 nitrogen and oxygen atoms in total. The van der Waals surface area contributed by atoms with Crippen LogP contribution < -0.4 is 5.32 Å². The number of aliphatic carboxylic acids is 1. The Morgan fingerprint density at radius 3 is 2.47 bits per heavy atom. The molecule has 1 aliphatic rings. The quantitative estimate of drug-likeness (QED) is 0.698. The van der Waals surface area contributed by atoms with Crippen LogP contribution >= 0.6 is 0 Å². The smallest absolute Gasteiger partial charge is 0.308 e. The van der Waals surface area contributed by atoms with E-state index in [1.807, 2.05) is 13.8 Å². The van der Waals surface area contributed by atoms with Crippen LogP contribution in [-0.2, 0) is 9.59 Å². The summed E-state index contributed by atoms with van der Waals surface area (Å²) in [4.78, 5) is 22.3. The first-order valence-electron chi connectivity index (χ1n) is 5.56. The van der Waals surface area contributed by atoms with Crippen molar-refractivity contribution in [2.75, 3.05) is 6.54 Å². The molecule has 1 aliphatic carbocycles. The summed E-state index contributed by atoms with van der Waals surface area (Å²) < 4.78 is 0. The third-order valence-electron chi connectivity index (χ3n) is 3.11. The van der Waals surface area contributed by atoms with Gasteiger partial charge in [-0.25, -0.2) is 0 Å². The van der Waals surface area contributed by atoms with Crippen molar-refractivity contribution in [3.8, 4) is 0 Å². The van der Waals surface area contributed by atoms with Crippen LogP contribution in [0.25, 0.3) is 0 Å². The second kappa shape index (κ2) is 5.14. The van der Waals surface area contributed by atoms with Crippen molar-refractivity contribution in [3.05, 3.63) is 0 Å². The predicted molar refractivity (Wildman–Crippen MR) is 56.3 cm³/mol. The highest BCUT2D eigenvalue weighted by Gasteiger charge is 2.32. The molecular weight excluding hydrogens is 194 g/mol. The van der Waals surface area contributed by atoms with Crippen molar-refractivity contribution in [2.24, 2.45) is 17.8 Å². The molecule has 0 bridgehead atoms. The number of nitrogens with one attached hydrogen (secondary N) is 1. The molecule has 4 heteroatoms. The fourth-order valence-electron chi connectivity index (χ4n) is 1.60. The van der Waals surface area contributed by atoms with Crippen LogP contribution in [0.3, 0.4) is 0 Å². The van der Waals surface area contributed by atoms with E-state index in [0.29, 0.717) is 12.3 Å². The highest BCUT2D eigenvalue weighted by Crippen LogP contribution is 2.36. The molecule has 0 aromatic rings. The van der Waals surface area contributed by atoms with Crippen molar-refractivity contribution in [1.82, 2.24) is 5.32 Å². The van der Waals surface area contributed by atoms with E-state index >= 15 is 0 Å². The molecule has 0 spiro atoms. The van der Waals surface area contributed by atoms with E-state index in [1.165, 1.54) is 0 Å². The van der Waals surface area contributed by atoms with Crippen LogP contribution in [0, 0.1) is 17.8 Å². The highest BCUT2D eigenvalue weighted by molar-refractivity contribution is 5.79. The lowest BCUT2D eigenvalue weighted by molar-refractivity contribution is -0.141. The van der Waals surface area contributed by atoms with Crippen LogP contribution in [0.4, 0.5) is 0 Å². The van der Waals surface area contributed by atoms with Crippen LogP contribution in [0.5, 0.6) is 0 Å². The molecule has 0 aromatic heterocycles. The lowest BCUT2D eigenvalue weighted by Crippen LogP contribution is -2.36. The number of amides is 1. The predicted octanol–water partition coefficient (Wildman–Crippen LogP) is 1.26. The van der Waals surface area contributed by atoms with Gasteiger partial charge in [-0.2, -0.15) is 0 Å². The largest absolute Gasteiger partial charge is 0.481 e. The Hall–Kier alpha value is -1.06. The molecule has 1 amide bonds. The molecule has 0 aromatic carbocycles. The zero-order valence-corrected chi connectivity index (χ0v) is 9.32. The third kappa shape index (κ3) is 3.53. The number of rotatable bonds is 6. The molecule has 86 valence electrons. The molecular formula is C11H19NO3. The fraction of sp³-hybridized carbons (Fsp3) is 0.818. The summed E-state index contributed by atoms with van der Waals surface area (Å²) in [7, 11) is 0. The van der Waals surface area contributed by atoms with Crippen LogP contribution in [0.15, 0.2) is 0 Å². The molecule has 0 saturated heterocycles. The Balaban J connectivity index is 2.28. The van der Waals surface area contributed by atoms with E-state index in [4.69, 9.17) is 5.11 Å². The fourth-order valence-corrected chi connectivity index (χ4v) is 1.60. The molecule has 0 radical (unpaired) electrons. The number of carbonyl (C=O) groups is 2. The SMILES string of the molecule is CCC(CNC(=O)C(C)C1CC1)C(=O)O. The Morgan fingerprint density at radius 1 is 1.47 bits per heavy atom. The molecule has 0 aliphatic heterocycles. The van der Waals surface area contributed by atoms with Gasteiger partial charge in [0, 0.05) is 12.5 Å². The molecule has 0 heterocycles. The van der Waals surface area contributed by atoms with Crippen molar-refractivity contribution < 1.29 is 14.7 Å². The molecule has 1 fully saturated rings. The minimum absolute atomic E-state index is 0.00259. The van der Waals surface area contributed by atoms with Gasteiger partial charge in [-0.1, -0.05) is 13.8 Å². The van der Waals surface area contributed by atoms with E-state index in [9.17, 15) is 9.59 Å². The van der Waals surface area contributed by atoms with Crippen LogP contribution in [0.1, 0.15) is 33.1 Å². The Kier molecular flexibility index (Phi) is 4.12. The summed E-state index contributed by atoms with van der Waals surface area (Å²) in [6.07, 6.45) is 2.81. The van der Waals surface area contributed by atoms with Crippen molar-refractivity contribution in [1.29, 1.82) is 0 Å². The lowest BCUT2D eigenvalue weighted by Gasteiger charge is -2.14. The number of carbonyl (C=O) groups excluding carboxylic acids is 1. The van der Waals surface area contributed by atoms with E-state index in [2.05, 4.69) is 5.32 Å². The first-order chi connectivity index (χ1) is 7.06. The number of hydrogen-bond acceptors (Lipinski definition) is 2. The van der Waals surface area contributed by atoms with Gasteiger partial charge in [-0.15, -0.1) is 0 Å². The van der Waals surface area contributed by atoms with Gasteiger partial charge in [0.2, 0.25) is 5.91 Å². The number of carboxylic acid groups (broad SMARTS) is 1. The standard InChI is InChI=1S/C11H19NO3/c1-3-8(11(14)15)6-12-10(13)7(2)9-4-5-9/h7-9H,3-6H2,1-2H3,(H,12,13)(H,14,15). The van der Waals surface area contributed by atoms with Gasteiger partial charge in [-0.05, 0) is 25.2 Å². The first kappa shape index (κ1) is 12.0. The van der Waals surface area contributed by atoms with E-state index in [1.54, 1.807) is 0 Å². The zero-order chi connectivity index (χ0) is 11.4. The van der Waals surface area contributed by atoms with Gasteiger partial charge >= 0.3 is 5.97 Å². The van der Waals surface area contributed by atoms with Crippen LogP contribution in [0.2, 0.25) is 0 Å². The minimum Gasteiger partial charge on any atom is -0.481 e. The molecule has 2 unspecified atom stereocenters. The second-order valence-corrected chi connectivity index (χ2v) is 4.31. The summed E-state index contributed by atoms with van der Waals surface area (Å²) in [6, 6.07) is 0. The molecule has 1 rings (SSSR count). The summed E-state index contributed by atoms with van der Waals surface area (Å²) in [5.74, 6) is -0.736. The Bertz CT molecular complexity index is 248. The maximum absolute atomic E-state index is 11.6. The van der Waals surface area contributed by atoms with E-state index in [0.717, 1.165) is 12.8 Å². The molecule has 2 atom stereocenters. The third-order valence-corrected chi connectivity index (χ3v) is 3.11. The van der Waals surface area contributed by atoms with Crippen molar-refractivity contribution >= 4 is 11.9 Å². The van der Waals surface area contributed by atoms with Crippen molar-refractivity contribution in [2.45, 2.75) is 33.1 Å². The lowest BCUT2D eigenvalue weighted by atomic mass is 10.0. The zero-order valence-electron chi connectivity index (χ0n) is 9.32. The van der Waals surface area contributed by atoms with E-state index < -0.39 is 11.9 Å². The maximum atomic E-state index is 11.6. The average Bonchev–Trinajstić information content (AvgIpc) is 3.00. The van der Waals surface area contributed by atoms with Gasteiger partial charge in [0.1, 0.15) is 0 Å². The second-order valence-electron chi connectivity index (χ2n) is 4.31. The van der Waals surface area contributed by atoms with Gasteiger partial charge in [0.05, 0.1) is 5.92 Å². The van der Waals surface area contributed by atoms with Crippen molar-refractivity contribution in [3.63, 3.8) is 0 Å². The van der Waals surface area contributed by atoms with Gasteiger partial charge in [-0.3, -0.25) is 9.59 Å². The monoisotopic (exact) mass is 213 g/mol. The van der Waals surface area contributed by atoms with E-state index in [-0.39, 0.29) is 18.4 Å². The van der Waals surface area contributed by atoms with Crippen LogP contribution in [-0.4, -0.2) is 23.5 Å². The average molecular weight is 213 g/mol. The molecule has 15 heavy (non-hydrogen) atoms. The Labute approximate surface area is 90.0 Å². The maximum Gasteiger partial charge on any atom is 0.308 e. The van der Waals surface area contributed by atoms with Gasteiger partial charge in [0.25, 0.3) is 0 Å². The van der Waals surface area contributed by atoms with Gasteiger partial charge < -0.3 is 10.4 Å². The molecule has 2 N–H and O–H groups in total. The molecule has 1 saturated carbocycles. The normalized spacial score (nSPS) is 19.3.